The maximum Gasteiger partial charge on any atom is 0.507 e. The van der Waals surface area contributed by atoms with E-state index in [1.165, 1.54) is 6.92 Å². The van der Waals surface area contributed by atoms with E-state index in [1.807, 2.05) is 0 Å². The molecule has 2 atom stereocenters. The van der Waals surface area contributed by atoms with Gasteiger partial charge in [-0.1, -0.05) is 11.6 Å². The Morgan fingerprint density at radius 1 is 1.25 bits per heavy atom. The smallest absolute Gasteiger partial charge is 0.450 e. The Morgan fingerprint density at radius 2 is 1.67 bits per heavy atom. The van der Waals surface area contributed by atoms with Crippen LogP contribution in [0.25, 0.3) is 0 Å². The van der Waals surface area contributed by atoms with Crippen molar-refractivity contribution >= 4 is 23.9 Å². The maximum absolute atomic E-state index is 9.92. The molecule has 0 bridgehead atoms. The monoisotopic (exact) mass is 198 g/mol. The molecule has 0 aliphatic carbocycles. The molecule has 2 unspecified atom stereocenters. The predicted molar refractivity (Wildman–Crippen MR) is 37.3 cm³/mol. The van der Waals surface area contributed by atoms with E-state index in [1.54, 1.807) is 0 Å². The van der Waals surface area contributed by atoms with Gasteiger partial charge in [0.2, 0.25) is 5.56 Å². The minimum atomic E-state index is -1.59. The summed E-state index contributed by atoms with van der Waals surface area (Å²) in [6.07, 6.45) is -4.17. The molecule has 70 valence electrons. The Kier molecular flexibility index (Phi) is 4.20. The van der Waals surface area contributed by atoms with Crippen LogP contribution in [0.2, 0.25) is 0 Å². The minimum Gasteiger partial charge on any atom is -0.450 e. The summed E-state index contributed by atoms with van der Waals surface area (Å²) < 4.78 is 8.12. The second kappa shape index (κ2) is 4.66. The third kappa shape index (κ3) is 4.62. The number of hydrogen-bond donors (Lipinski definition) is 2. The quantitative estimate of drug-likeness (QED) is 0.525. The molecule has 0 fully saturated rings. The van der Waals surface area contributed by atoms with Crippen LogP contribution < -0.4 is 0 Å². The van der Waals surface area contributed by atoms with Gasteiger partial charge >= 0.3 is 12.3 Å². The number of rotatable bonds is 3. The largest absolute Gasteiger partial charge is 0.507 e. The first-order chi connectivity index (χ1) is 5.43. The van der Waals surface area contributed by atoms with Gasteiger partial charge in [0.05, 0.1) is 0 Å². The highest BCUT2D eigenvalue weighted by atomic mass is 35.5. The lowest BCUT2D eigenvalue weighted by atomic mass is 10.4. The molecule has 2 N–H and O–H groups in total. The molecule has 0 aromatic rings. The van der Waals surface area contributed by atoms with Gasteiger partial charge in [-0.3, -0.25) is 0 Å². The lowest BCUT2D eigenvalue weighted by Crippen LogP contribution is -2.27. The van der Waals surface area contributed by atoms with Gasteiger partial charge in [-0.2, -0.15) is 0 Å². The van der Waals surface area contributed by atoms with Crippen LogP contribution >= 0.6 is 11.6 Å². The average molecular weight is 199 g/mol. The van der Waals surface area contributed by atoms with Crippen molar-refractivity contribution in [3.05, 3.63) is 0 Å². The van der Waals surface area contributed by atoms with Crippen LogP contribution in [0.1, 0.15) is 6.92 Å². The van der Waals surface area contributed by atoms with Gasteiger partial charge in [0.25, 0.3) is 0 Å². The normalized spacial score (nSPS) is 14.5. The van der Waals surface area contributed by atoms with E-state index in [9.17, 15) is 9.59 Å². The van der Waals surface area contributed by atoms with Crippen LogP contribution in [0.3, 0.4) is 0 Å². The Morgan fingerprint density at radius 3 is 2.00 bits per heavy atom. The highest BCUT2D eigenvalue weighted by Gasteiger charge is 2.21. The molecule has 0 heterocycles. The summed E-state index contributed by atoms with van der Waals surface area (Å²) >= 11 is 5.28. The molecular weight excluding hydrogens is 192 g/mol. The summed E-state index contributed by atoms with van der Waals surface area (Å²) in [6, 6.07) is 0. The molecule has 12 heavy (non-hydrogen) atoms. The van der Waals surface area contributed by atoms with Gasteiger partial charge in [-0.05, 0) is 6.92 Å². The van der Waals surface area contributed by atoms with Crippen LogP contribution in [-0.2, 0) is 9.47 Å². The maximum atomic E-state index is 9.92. The molecule has 0 aromatic carbocycles. The van der Waals surface area contributed by atoms with Crippen LogP contribution in [0.15, 0.2) is 0 Å². The summed E-state index contributed by atoms with van der Waals surface area (Å²) in [7, 11) is 0. The molecule has 0 radical (unpaired) electrons. The van der Waals surface area contributed by atoms with E-state index in [-0.39, 0.29) is 0 Å². The lowest BCUT2D eigenvalue weighted by Gasteiger charge is -2.14. The highest BCUT2D eigenvalue weighted by Crippen LogP contribution is 2.08. The average Bonchev–Trinajstić information content (AvgIpc) is 1.84. The number of alkyl halides is 1. The standard InChI is InChI=1S/C5H7ClO6/c1-2(11-4(7)8)3(6)12-5(9)10/h2-3H,1H3,(H,7,8)(H,9,10). The van der Waals surface area contributed by atoms with Gasteiger partial charge in [0.1, 0.15) is 0 Å². The van der Waals surface area contributed by atoms with Crippen LogP contribution in [0.4, 0.5) is 9.59 Å². The van der Waals surface area contributed by atoms with E-state index in [4.69, 9.17) is 21.8 Å². The summed E-state index contributed by atoms with van der Waals surface area (Å²) in [5, 5.41) is 16.1. The fourth-order valence-electron chi connectivity index (χ4n) is 0.405. The zero-order valence-corrected chi connectivity index (χ0v) is 6.82. The van der Waals surface area contributed by atoms with Crippen molar-refractivity contribution < 1.29 is 29.3 Å². The van der Waals surface area contributed by atoms with Gasteiger partial charge in [-0.25, -0.2) is 9.59 Å². The van der Waals surface area contributed by atoms with Crippen LogP contribution in [0, 0.1) is 0 Å². The fraction of sp³-hybridized carbons (Fsp3) is 0.600. The van der Waals surface area contributed by atoms with E-state index in [2.05, 4.69) is 9.47 Å². The first-order valence-electron chi connectivity index (χ1n) is 2.86. The topological polar surface area (TPSA) is 93.1 Å². The minimum absolute atomic E-state index is 1.04. The summed E-state index contributed by atoms with van der Waals surface area (Å²) in [5.74, 6) is 0. The van der Waals surface area contributed by atoms with E-state index in [0.717, 1.165) is 0 Å². The van der Waals surface area contributed by atoms with Gasteiger partial charge < -0.3 is 19.7 Å². The third-order valence-electron chi connectivity index (χ3n) is 0.869. The Bertz CT molecular complexity index is 161. The second-order valence-corrected chi connectivity index (χ2v) is 2.25. The molecule has 0 aliphatic heterocycles. The highest BCUT2D eigenvalue weighted by molar-refractivity contribution is 6.20. The SMILES string of the molecule is CC(OC(=O)O)C(Cl)OC(=O)O. The molecule has 0 aromatic heterocycles. The van der Waals surface area contributed by atoms with Crippen molar-refractivity contribution in [2.24, 2.45) is 0 Å². The molecule has 0 amide bonds. The lowest BCUT2D eigenvalue weighted by molar-refractivity contribution is -0.00289. The van der Waals surface area contributed by atoms with Crippen molar-refractivity contribution in [1.82, 2.24) is 0 Å². The van der Waals surface area contributed by atoms with Gasteiger partial charge in [0.15, 0.2) is 6.10 Å². The summed E-state index contributed by atoms with van der Waals surface area (Å²) in [5.41, 5.74) is -1.33. The Balaban J connectivity index is 3.83. The molecule has 6 nitrogen and oxygen atoms in total. The van der Waals surface area contributed by atoms with Crippen molar-refractivity contribution in [2.45, 2.75) is 18.6 Å². The summed E-state index contributed by atoms with van der Waals surface area (Å²) in [4.78, 5) is 19.8. The van der Waals surface area contributed by atoms with E-state index in [0.29, 0.717) is 0 Å². The van der Waals surface area contributed by atoms with E-state index < -0.39 is 24.0 Å². The van der Waals surface area contributed by atoms with Crippen molar-refractivity contribution in [1.29, 1.82) is 0 Å². The van der Waals surface area contributed by atoms with Crippen molar-refractivity contribution in [2.75, 3.05) is 0 Å². The summed E-state index contributed by atoms with van der Waals surface area (Å²) in [6.45, 7) is 1.27. The Hall–Kier alpha value is -1.17. The zero-order valence-electron chi connectivity index (χ0n) is 6.06. The van der Waals surface area contributed by atoms with Gasteiger partial charge in [-0.15, -0.1) is 0 Å². The first kappa shape index (κ1) is 10.8. The molecule has 0 aliphatic rings. The second-order valence-electron chi connectivity index (χ2n) is 1.82. The van der Waals surface area contributed by atoms with Crippen LogP contribution in [-0.4, -0.2) is 34.2 Å². The number of hydrogen-bond acceptors (Lipinski definition) is 4. The number of carbonyl (C=O) groups is 2. The third-order valence-corrected chi connectivity index (χ3v) is 1.31. The molecule has 0 saturated heterocycles. The van der Waals surface area contributed by atoms with E-state index >= 15 is 0 Å². The zero-order chi connectivity index (χ0) is 9.72. The van der Waals surface area contributed by atoms with Crippen molar-refractivity contribution in [3.63, 3.8) is 0 Å². The molecular formula is C5H7ClO6. The molecule has 0 spiro atoms. The van der Waals surface area contributed by atoms with Crippen LogP contribution in [0.5, 0.6) is 0 Å². The molecule has 0 rings (SSSR count). The Labute approximate surface area is 72.6 Å². The number of halogens is 1. The molecule has 0 saturated carbocycles. The first-order valence-corrected chi connectivity index (χ1v) is 3.30. The number of carboxylic acid groups (broad SMARTS) is 2. The predicted octanol–water partition coefficient (Wildman–Crippen LogP) is 1.33. The molecule has 7 heteroatoms. The van der Waals surface area contributed by atoms with Crippen molar-refractivity contribution in [3.8, 4) is 0 Å². The number of ether oxygens (including phenoxy) is 2. The fourth-order valence-corrected chi connectivity index (χ4v) is 0.532. The van der Waals surface area contributed by atoms with Gasteiger partial charge in [0, 0.05) is 0 Å².